The molecule has 4 heteroatoms. The maximum Gasteiger partial charge on any atom is 0.123 e. The molecule has 0 aliphatic heterocycles. The number of rotatable bonds is 7. The van der Waals surface area contributed by atoms with Crippen LogP contribution < -0.4 is 5.32 Å². The molecule has 0 aliphatic carbocycles. The van der Waals surface area contributed by atoms with E-state index in [-0.39, 0.29) is 18.7 Å². The van der Waals surface area contributed by atoms with Gasteiger partial charge in [0.25, 0.3) is 0 Å². The van der Waals surface area contributed by atoms with Crippen molar-refractivity contribution in [2.75, 3.05) is 20.3 Å². The molecule has 1 heterocycles. The van der Waals surface area contributed by atoms with Gasteiger partial charge in [-0.25, -0.2) is 0 Å². The van der Waals surface area contributed by atoms with Gasteiger partial charge in [-0.05, 0) is 25.5 Å². The quantitative estimate of drug-likeness (QED) is 0.717. The van der Waals surface area contributed by atoms with Crippen LogP contribution in [0.2, 0.25) is 0 Å². The van der Waals surface area contributed by atoms with Gasteiger partial charge in [0.2, 0.25) is 0 Å². The van der Waals surface area contributed by atoms with Crippen molar-refractivity contribution in [1.29, 1.82) is 0 Å². The van der Waals surface area contributed by atoms with Gasteiger partial charge in [0.05, 0.1) is 18.9 Å². The Bertz CT molecular complexity index is 248. The van der Waals surface area contributed by atoms with Crippen molar-refractivity contribution < 1.29 is 14.3 Å². The predicted molar refractivity (Wildman–Crippen MR) is 57.6 cm³/mol. The van der Waals surface area contributed by atoms with Crippen LogP contribution in [0.25, 0.3) is 0 Å². The van der Waals surface area contributed by atoms with Crippen LogP contribution in [0.3, 0.4) is 0 Å². The number of hydrogen-bond donors (Lipinski definition) is 2. The van der Waals surface area contributed by atoms with Crippen LogP contribution in [0.15, 0.2) is 22.8 Å². The zero-order valence-corrected chi connectivity index (χ0v) is 9.27. The summed E-state index contributed by atoms with van der Waals surface area (Å²) in [7, 11) is 1.68. The Morgan fingerprint density at radius 3 is 2.93 bits per heavy atom. The average Bonchev–Trinajstić information content (AvgIpc) is 2.76. The van der Waals surface area contributed by atoms with E-state index in [1.165, 1.54) is 0 Å². The fourth-order valence-corrected chi connectivity index (χ4v) is 1.44. The molecule has 2 atom stereocenters. The topological polar surface area (TPSA) is 54.6 Å². The van der Waals surface area contributed by atoms with Gasteiger partial charge in [0.15, 0.2) is 0 Å². The van der Waals surface area contributed by atoms with Gasteiger partial charge in [0, 0.05) is 19.8 Å². The number of nitrogens with one attached hydrogen (secondary N) is 1. The van der Waals surface area contributed by atoms with Gasteiger partial charge in [-0.3, -0.25) is 0 Å². The Labute approximate surface area is 90.2 Å². The van der Waals surface area contributed by atoms with Crippen LogP contribution in [-0.2, 0) is 4.74 Å². The highest BCUT2D eigenvalue weighted by Gasteiger charge is 2.15. The number of hydrogen-bond acceptors (Lipinski definition) is 4. The third-order valence-corrected chi connectivity index (χ3v) is 2.31. The summed E-state index contributed by atoms with van der Waals surface area (Å²) in [4.78, 5) is 0. The molecule has 0 fully saturated rings. The highest BCUT2D eigenvalue weighted by Crippen LogP contribution is 2.13. The average molecular weight is 213 g/mol. The van der Waals surface area contributed by atoms with Crippen molar-refractivity contribution in [1.82, 2.24) is 5.32 Å². The maximum absolute atomic E-state index is 9.22. The van der Waals surface area contributed by atoms with Gasteiger partial charge in [-0.2, -0.15) is 0 Å². The molecule has 0 saturated carbocycles. The summed E-state index contributed by atoms with van der Waals surface area (Å²) in [6, 6.07) is 3.83. The Balaban J connectivity index is 2.40. The maximum atomic E-state index is 9.22. The Morgan fingerprint density at radius 1 is 1.60 bits per heavy atom. The third-order valence-electron chi connectivity index (χ3n) is 2.31. The molecular weight excluding hydrogens is 194 g/mol. The molecule has 2 N–H and O–H groups in total. The lowest BCUT2D eigenvalue weighted by Gasteiger charge is -2.19. The second kappa shape index (κ2) is 6.61. The summed E-state index contributed by atoms with van der Waals surface area (Å²) in [6.07, 6.45) is 2.52. The molecule has 2 unspecified atom stereocenters. The van der Waals surface area contributed by atoms with Gasteiger partial charge >= 0.3 is 0 Å². The highest BCUT2D eigenvalue weighted by atomic mass is 16.5. The van der Waals surface area contributed by atoms with Crippen molar-refractivity contribution in [3.05, 3.63) is 24.2 Å². The molecular formula is C11H19NO3. The van der Waals surface area contributed by atoms with Gasteiger partial charge in [-0.15, -0.1) is 0 Å². The molecule has 86 valence electrons. The summed E-state index contributed by atoms with van der Waals surface area (Å²) in [6.45, 7) is 2.81. The van der Waals surface area contributed by atoms with Gasteiger partial charge < -0.3 is 19.6 Å². The molecule has 0 amide bonds. The molecule has 1 aromatic rings. The SMILES string of the molecule is COCCC(C)NC(CO)c1ccco1. The minimum atomic E-state index is -0.133. The fraction of sp³-hybridized carbons (Fsp3) is 0.636. The van der Waals surface area contributed by atoms with Crippen LogP contribution in [-0.4, -0.2) is 31.5 Å². The Kier molecular flexibility index (Phi) is 5.39. The zero-order chi connectivity index (χ0) is 11.1. The van der Waals surface area contributed by atoms with Crippen LogP contribution in [0.4, 0.5) is 0 Å². The number of aliphatic hydroxyl groups excluding tert-OH is 1. The Hall–Kier alpha value is -0.840. The number of aliphatic hydroxyl groups is 1. The third kappa shape index (κ3) is 4.03. The molecule has 4 nitrogen and oxygen atoms in total. The lowest BCUT2D eigenvalue weighted by molar-refractivity contribution is 0.171. The lowest BCUT2D eigenvalue weighted by atomic mass is 10.1. The van der Waals surface area contributed by atoms with E-state index >= 15 is 0 Å². The van der Waals surface area contributed by atoms with Gasteiger partial charge in [0.1, 0.15) is 5.76 Å². The van der Waals surface area contributed by atoms with Crippen LogP contribution >= 0.6 is 0 Å². The number of methoxy groups -OCH3 is 1. The van der Waals surface area contributed by atoms with Crippen LogP contribution in [0, 0.1) is 0 Å². The van der Waals surface area contributed by atoms with Crippen LogP contribution in [0.5, 0.6) is 0 Å². The van der Waals surface area contributed by atoms with E-state index in [1.54, 1.807) is 13.4 Å². The molecule has 15 heavy (non-hydrogen) atoms. The first-order valence-electron chi connectivity index (χ1n) is 5.17. The summed E-state index contributed by atoms with van der Waals surface area (Å²) in [5, 5.41) is 12.5. The monoisotopic (exact) mass is 213 g/mol. The van der Waals surface area contributed by atoms with Crippen molar-refractivity contribution in [2.24, 2.45) is 0 Å². The van der Waals surface area contributed by atoms with E-state index in [0.29, 0.717) is 6.61 Å². The van der Waals surface area contributed by atoms with Crippen molar-refractivity contribution in [3.8, 4) is 0 Å². The summed E-state index contributed by atoms with van der Waals surface area (Å²) < 4.78 is 10.2. The van der Waals surface area contributed by atoms with Crippen molar-refractivity contribution in [2.45, 2.75) is 25.4 Å². The molecule has 1 aromatic heterocycles. The minimum absolute atomic E-state index is 0.0326. The van der Waals surface area contributed by atoms with Gasteiger partial charge in [-0.1, -0.05) is 0 Å². The van der Waals surface area contributed by atoms with E-state index in [1.807, 2.05) is 12.1 Å². The van der Waals surface area contributed by atoms with Crippen molar-refractivity contribution in [3.63, 3.8) is 0 Å². The normalized spacial score (nSPS) is 15.1. The molecule has 0 aliphatic rings. The fourth-order valence-electron chi connectivity index (χ4n) is 1.44. The van der Waals surface area contributed by atoms with E-state index in [2.05, 4.69) is 12.2 Å². The molecule has 0 aromatic carbocycles. The Morgan fingerprint density at radius 2 is 2.40 bits per heavy atom. The molecule has 0 saturated heterocycles. The number of furan rings is 1. The molecule has 0 spiro atoms. The predicted octanol–water partition coefficient (Wildman–Crippen LogP) is 1.33. The molecule has 0 bridgehead atoms. The smallest absolute Gasteiger partial charge is 0.123 e. The summed E-state index contributed by atoms with van der Waals surface area (Å²) in [5.74, 6) is 0.766. The number of ether oxygens (including phenoxy) is 1. The first kappa shape index (κ1) is 12.2. The van der Waals surface area contributed by atoms with E-state index in [0.717, 1.165) is 12.2 Å². The largest absolute Gasteiger partial charge is 0.468 e. The first-order valence-corrected chi connectivity index (χ1v) is 5.17. The minimum Gasteiger partial charge on any atom is -0.468 e. The molecule has 0 radical (unpaired) electrons. The van der Waals surface area contributed by atoms with E-state index in [4.69, 9.17) is 9.15 Å². The zero-order valence-electron chi connectivity index (χ0n) is 9.27. The highest BCUT2D eigenvalue weighted by molar-refractivity contribution is 5.04. The second-order valence-corrected chi connectivity index (χ2v) is 3.60. The van der Waals surface area contributed by atoms with Crippen LogP contribution in [0.1, 0.15) is 25.1 Å². The first-order chi connectivity index (χ1) is 7.27. The second-order valence-electron chi connectivity index (χ2n) is 3.60. The van der Waals surface area contributed by atoms with E-state index < -0.39 is 0 Å². The standard InChI is InChI=1S/C11H19NO3/c1-9(5-7-14-2)12-10(8-13)11-4-3-6-15-11/h3-4,6,9-10,12-13H,5,7-8H2,1-2H3. The summed E-state index contributed by atoms with van der Waals surface area (Å²) >= 11 is 0. The lowest BCUT2D eigenvalue weighted by Crippen LogP contribution is -2.33. The summed E-state index contributed by atoms with van der Waals surface area (Å²) in [5.41, 5.74) is 0. The molecule has 1 rings (SSSR count). The van der Waals surface area contributed by atoms with E-state index in [9.17, 15) is 5.11 Å². The van der Waals surface area contributed by atoms with Crippen molar-refractivity contribution >= 4 is 0 Å².